The summed E-state index contributed by atoms with van der Waals surface area (Å²) in [5.74, 6) is -2.89. The van der Waals surface area contributed by atoms with Crippen LogP contribution < -0.4 is 5.11 Å². The Balaban J connectivity index is 4.70. The highest BCUT2D eigenvalue weighted by Crippen LogP contribution is 2.26. The summed E-state index contributed by atoms with van der Waals surface area (Å²) in [6, 6.07) is 0. The number of hydrogen-bond acceptors (Lipinski definition) is 6. The molecule has 6 nitrogen and oxygen atoms in total. The molecule has 120 valence electrons. The first-order chi connectivity index (χ1) is 8.95. The van der Waals surface area contributed by atoms with Crippen molar-refractivity contribution in [2.75, 3.05) is 0 Å². The first kappa shape index (κ1) is 19.3. The molecule has 0 amide bonds. The maximum Gasteiger partial charge on any atom is 0.236 e. The van der Waals surface area contributed by atoms with Gasteiger partial charge >= 0.3 is 0 Å². The van der Waals surface area contributed by atoms with E-state index in [-0.39, 0.29) is 0 Å². The Kier molecular flexibility index (Phi) is 7.10. The van der Waals surface area contributed by atoms with E-state index in [2.05, 4.69) is 0 Å². The molecule has 0 aliphatic carbocycles. The van der Waals surface area contributed by atoms with E-state index < -0.39 is 29.4 Å². The molecule has 0 atom stereocenters. The molecule has 0 aliphatic rings. The number of aliphatic carboxylic acids is 1. The third-order valence-corrected chi connectivity index (χ3v) is 3.06. The minimum atomic E-state index is -1.57. The second-order valence-corrected chi connectivity index (χ2v) is 6.24. The van der Waals surface area contributed by atoms with Crippen molar-refractivity contribution in [2.45, 2.75) is 84.7 Å². The first-order valence-electron chi connectivity index (χ1n) is 6.89. The van der Waals surface area contributed by atoms with Gasteiger partial charge in [0.1, 0.15) is 0 Å². The second kappa shape index (κ2) is 7.36. The average molecular weight is 291 g/mol. The summed E-state index contributed by atoms with van der Waals surface area (Å²) in [7, 11) is 0. The zero-order valence-corrected chi connectivity index (χ0v) is 13.6. The van der Waals surface area contributed by atoms with Crippen LogP contribution in [0.1, 0.15) is 67.7 Å². The standard InChI is InChI=1S/C14H28O6/c1-8-12(3,4)17-19-14(7,10-11(15)16)20-18-13(5,6)9-2/h8-10H2,1-7H3,(H,15,16)/p-1. The molecule has 0 aromatic heterocycles. The molecule has 0 fully saturated rings. The van der Waals surface area contributed by atoms with Crippen LogP contribution in [0, 0.1) is 0 Å². The van der Waals surface area contributed by atoms with Crippen molar-refractivity contribution in [3.05, 3.63) is 0 Å². The van der Waals surface area contributed by atoms with Crippen LogP contribution in [0.5, 0.6) is 0 Å². The maximum atomic E-state index is 10.8. The number of carbonyl (C=O) groups excluding carboxylic acids is 1. The van der Waals surface area contributed by atoms with Gasteiger partial charge in [-0.2, -0.15) is 9.78 Å². The molecule has 0 saturated carbocycles. The number of carbonyl (C=O) groups is 1. The summed E-state index contributed by atoms with van der Waals surface area (Å²) in [4.78, 5) is 31.7. The van der Waals surface area contributed by atoms with Gasteiger partial charge < -0.3 is 9.90 Å². The number of carboxylic acid groups (broad SMARTS) is 1. The van der Waals surface area contributed by atoms with Gasteiger partial charge in [0.05, 0.1) is 11.2 Å². The molecule has 0 heterocycles. The maximum absolute atomic E-state index is 10.8. The lowest BCUT2D eigenvalue weighted by atomic mass is 10.1. The zero-order valence-electron chi connectivity index (χ0n) is 13.6. The van der Waals surface area contributed by atoms with Crippen molar-refractivity contribution < 1.29 is 29.5 Å². The lowest BCUT2D eigenvalue weighted by Crippen LogP contribution is -2.43. The Morgan fingerprint density at radius 3 is 1.45 bits per heavy atom. The fourth-order valence-electron chi connectivity index (χ4n) is 0.855. The van der Waals surface area contributed by atoms with Crippen LogP contribution in [0.2, 0.25) is 0 Å². The van der Waals surface area contributed by atoms with Crippen LogP contribution in [0.4, 0.5) is 0 Å². The Morgan fingerprint density at radius 1 is 0.850 bits per heavy atom. The predicted octanol–water partition coefficient (Wildman–Crippen LogP) is 2.12. The predicted molar refractivity (Wildman–Crippen MR) is 71.1 cm³/mol. The largest absolute Gasteiger partial charge is 0.550 e. The SMILES string of the molecule is CCC(C)(C)OOC(C)(CC(=O)[O-])OOC(C)(C)CC. The van der Waals surface area contributed by atoms with Crippen molar-refractivity contribution >= 4 is 5.97 Å². The van der Waals surface area contributed by atoms with Gasteiger partial charge in [0.2, 0.25) is 5.79 Å². The summed E-state index contributed by atoms with van der Waals surface area (Å²) in [5, 5.41) is 10.8. The van der Waals surface area contributed by atoms with E-state index in [0.717, 1.165) is 0 Å². The molecule has 0 radical (unpaired) electrons. The van der Waals surface area contributed by atoms with Gasteiger partial charge in [0, 0.05) is 12.4 Å². The van der Waals surface area contributed by atoms with Gasteiger partial charge in [-0.15, -0.1) is 0 Å². The first-order valence-corrected chi connectivity index (χ1v) is 6.89. The van der Waals surface area contributed by atoms with Gasteiger partial charge in [0.25, 0.3) is 0 Å². The summed E-state index contributed by atoms with van der Waals surface area (Å²) in [6.45, 7) is 12.6. The molecule has 0 aromatic rings. The van der Waals surface area contributed by atoms with E-state index >= 15 is 0 Å². The number of carboxylic acids is 1. The number of hydrogen-bond donors (Lipinski definition) is 0. The van der Waals surface area contributed by atoms with Crippen LogP contribution in [0.25, 0.3) is 0 Å². The topological polar surface area (TPSA) is 77.1 Å². The van der Waals surface area contributed by atoms with Crippen LogP contribution >= 0.6 is 0 Å². The number of rotatable bonds is 10. The average Bonchev–Trinajstić information content (AvgIpc) is 2.34. The minimum absolute atomic E-state index is 0.507. The molecular formula is C14H27O6-. The third-order valence-electron chi connectivity index (χ3n) is 3.06. The van der Waals surface area contributed by atoms with Crippen molar-refractivity contribution in [3.8, 4) is 0 Å². The molecule has 6 heteroatoms. The molecule has 0 rings (SSSR count). The second-order valence-electron chi connectivity index (χ2n) is 6.24. The van der Waals surface area contributed by atoms with E-state index in [1.807, 2.05) is 41.5 Å². The van der Waals surface area contributed by atoms with Crippen molar-refractivity contribution in [3.63, 3.8) is 0 Å². The van der Waals surface area contributed by atoms with E-state index in [4.69, 9.17) is 19.6 Å². The highest BCUT2D eigenvalue weighted by Gasteiger charge is 2.35. The van der Waals surface area contributed by atoms with Gasteiger partial charge in [-0.1, -0.05) is 13.8 Å². The van der Waals surface area contributed by atoms with Crippen LogP contribution in [-0.4, -0.2) is 23.0 Å². The summed E-state index contributed by atoms with van der Waals surface area (Å²) >= 11 is 0. The Morgan fingerprint density at radius 2 is 1.20 bits per heavy atom. The Labute approximate surface area is 121 Å². The van der Waals surface area contributed by atoms with Crippen LogP contribution in [-0.2, 0) is 24.3 Å². The quantitative estimate of drug-likeness (QED) is 0.348. The zero-order chi connectivity index (χ0) is 16.0. The molecule has 0 aliphatic heterocycles. The Bertz CT molecular complexity index is 291. The van der Waals surface area contributed by atoms with Gasteiger partial charge in [-0.3, -0.25) is 0 Å². The molecule has 0 spiro atoms. The molecule has 0 unspecified atom stereocenters. The van der Waals surface area contributed by atoms with Crippen molar-refractivity contribution in [1.82, 2.24) is 0 Å². The molecule has 0 N–H and O–H groups in total. The smallest absolute Gasteiger partial charge is 0.236 e. The van der Waals surface area contributed by atoms with E-state index in [1.165, 1.54) is 6.92 Å². The van der Waals surface area contributed by atoms with E-state index in [0.29, 0.717) is 12.8 Å². The highest BCUT2D eigenvalue weighted by molar-refractivity contribution is 5.65. The fraction of sp³-hybridized carbons (Fsp3) is 0.929. The van der Waals surface area contributed by atoms with Gasteiger partial charge in [-0.25, -0.2) is 9.78 Å². The van der Waals surface area contributed by atoms with Crippen LogP contribution in [0.15, 0.2) is 0 Å². The molecule has 0 bridgehead atoms. The van der Waals surface area contributed by atoms with Gasteiger partial charge in [0.15, 0.2) is 0 Å². The van der Waals surface area contributed by atoms with Crippen LogP contribution in [0.3, 0.4) is 0 Å². The van der Waals surface area contributed by atoms with E-state index in [9.17, 15) is 9.90 Å². The van der Waals surface area contributed by atoms with Crippen molar-refractivity contribution in [1.29, 1.82) is 0 Å². The fourth-order valence-corrected chi connectivity index (χ4v) is 0.855. The summed E-state index contributed by atoms with van der Waals surface area (Å²) in [6.07, 6.45) is 0.873. The molecular weight excluding hydrogens is 264 g/mol. The monoisotopic (exact) mass is 291 g/mol. The summed E-state index contributed by atoms with van der Waals surface area (Å²) < 4.78 is 0. The molecule has 20 heavy (non-hydrogen) atoms. The molecule has 0 aromatic carbocycles. The summed E-state index contributed by atoms with van der Waals surface area (Å²) in [5.41, 5.74) is -1.12. The Hall–Kier alpha value is -0.690. The highest BCUT2D eigenvalue weighted by atomic mass is 17.3. The minimum Gasteiger partial charge on any atom is -0.550 e. The van der Waals surface area contributed by atoms with Gasteiger partial charge in [-0.05, 0) is 47.5 Å². The lowest BCUT2D eigenvalue weighted by Gasteiger charge is -2.34. The third kappa shape index (κ3) is 7.79. The van der Waals surface area contributed by atoms with Crippen molar-refractivity contribution in [2.24, 2.45) is 0 Å². The lowest BCUT2D eigenvalue weighted by molar-refractivity contribution is -0.539. The van der Waals surface area contributed by atoms with E-state index in [1.54, 1.807) is 0 Å². The normalized spacial score (nSPS) is 13.6. The molecule has 0 saturated heterocycles.